The summed E-state index contributed by atoms with van der Waals surface area (Å²) in [5.41, 5.74) is 3.18. The molecule has 0 spiro atoms. The minimum atomic E-state index is -0.200. The Bertz CT molecular complexity index is 1420. The molecule has 11 heteroatoms. The number of thiophene rings is 1. The number of pyridine rings is 1. The predicted octanol–water partition coefficient (Wildman–Crippen LogP) is 3.21. The van der Waals surface area contributed by atoms with E-state index in [9.17, 15) is 9.59 Å². The first-order valence-electron chi connectivity index (χ1n) is 11.8. The summed E-state index contributed by atoms with van der Waals surface area (Å²) in [7, 11) is 0. The molecule has 0 saturated carbocycles. The van der Waals surface area contributed by atoms with Crippen LogP contribution in [0.3, 0.4) is 0 Å². The monoisotopic (exact) mass is 523 g/mol. The smallest absolute Gasteiger partial charge is 0.261 e. The molecule has 4 heterocycles. The molecule has 1 aromatic carbocycles. The third-order valence-corrected chi connectivity index (χ3v) is 7.46. The molecule has 0 bridgehead atoms. The second-order valence-corrected chi connectivity index (χ2v) is 10.2. The number of carbonyl (C=O) groups excluding carboxylic acids is 1. The maximum absolute atomic E-state index is 12.5. The number of hydrogen-bond acceptors (Lipinski definition) is 7. The molecule has 4 aromatic rings. The van der Waals surface area contributed by atoms with E-state index in [4.69, 9.17) is 11.6 Å². The van der Waals surface area contributed by atoms with Crippen LogP contribution in [0.25, 0.3) is 11.4 Å². The zero-order valence-corrected chi connectivity index (χ0v) is 21.4. The Labute approximate surface area is 217 Å². The highest BCUT2D eigenvalue weighted by Gasteiger charge is 2.21. The number of hydrogen-bond donors (Lipinski definition) is 1. The van der Waals surface area contributed by atoms with Gasteiger partial charge in [-0.05, 0) is 42.9 Å². The third kappa shape index (κ3) is 5.20. The van der Waals surface area contributed by atoms with Crippen molar-refractivity contribution in [2.75, 3.05) is 37.6 Å². The molecule has 1 aliphatic rings. The minimum Gasteiger partial charge on any atom is -0.367 e. The van der Waals surface area contributed by atoms with Gasteiger partial charge in [-0.1, -0.05) is 29.8 Å². The first kappa shape index (κ1) is 24.2. The van der Waals surface area contributed by atoms with Crippen molar-refractivity contribution in [2.24, 2.45) is 0 Å². The van der Waals surface area contributed by atoms with Gasteiger partial charge in [0.2, 0.25) is 0 Å². The molecule has 0 aliphatic carbocycles. The average molecular weight is 524 g/mol. The van der Waals surface area contributed by atoms with Crippen LogP contribution >= 0.6 is 22.9 Å². The van der Waals surface area contributed by atoms with Crippen LogP contribution in [-0.2, 0) is 6.54 Å². The van der Waals surface area contributed by atoms with Crippen molar-refractivity contribution < 1.29 is 4.79 Å². The molecule has 1 amide bonds. The molecular formula is C25H26ClN7O2S. The quantitative estimate of drug-likeness (QED) is 0.400. The summed E-state index contributed by atoms with van der Waals surface area (Å²) >= 11 is 7.17. The van der Waals surface area contributed by atoms with Crippen molar-refractivity contribution in [2.45, 2.75) is 13.5 Å². The first-order chi connectivity index (χ1) is 17.5. The SMILES string of the molecule is CCN1CCN(c2cc(-n3ccccc3=O)ccc2-n2cc(CNC(=O)c3ccc(Cl)s3)nn2)CC1. The summed E-state index contributed by atoms with van der Waals surface area (Å²) in [5.74, 6) is -0.200. The van der Waals surface area contributed by atoms with Crippen LogP contribution in [0.15, 0.2) is 65.7 Å². The number of aromatic nitrogens is 4. The summed E-state index contributed by atoms with van der Waals surface area (Å²) in [6.45, 7) is 7.11. The number of piperazine rings is 1. The Balaban J connectivity index is 1.42. The number of nitrogens with zero attached hydrogens (tertiary/aromatic N) is 6. The summed E-state index contributed by atoms with van der Waals surface area (Å²) in [4.78, 5) is 30.1. The van der Waals surface area contributed by atoms with Crippen molar-refractivity contribution >= 4 is 34.5 Å². The van der Waals surface area contributed by atoms with Crippen LogP contribution in [0, 0.1) is 0 Å². The molecule has 1 fully saturated rings. The van der Waals surface area contributed by atoms with E-state index >= 15 is 0 Å². The number of nitrogens with one attached hydrogen (secondary N) is 1. The Morgan fingerprint density at radius 1 is 1.08 bits per heavy atom. The van der Waals surface area contributed by atoms with Gasteiger partial charge >= 0.3 is 0 Å². The van der Waals surface area contributed by atoms with Crippen molar-refractivity contribution in [3.05, 3.63) is 86.2 Å². The second-order valence-electron chi connectivity index (χ2n) is 8.44. The van der Waals surface area contributed by atoms with Crippen molar-refractivity contribution in [1.29, 1.82) is 0 Å². The van der Waals surface area contributed by atoms with Crippen LogP contribution in [-0.4, -0.2) is 63.1 Å². The molecule has 1 N–H and O–H groups in total. The van der Waals surface area contributed by atoms with Gasteiger partial charge in [-0.15, -0.1) is 16.4 Å². The number of anilines is 1. The number of likely N-dealkylation sites (N-methyl/N-ethyl adjacent to an activating group) is 1. The standard InChI is InChI=1S/C25H26ClN7O2S/c1-2-30-11-13-31(14-12-30)21-15-19(32-10-4-3-5-24(32)34)6-7-20(21)33-17-18(28-29-33)16-27-25(35)22-8-9-23(26)36-22/h3-10,15,17H,2,11-14,16H2,1H3,(H,27,35). The van der Waals surface area contributed by atoms with Crippen LogP contribution in [0.5, 0.6) is 0 Å². The van der Waals surface area contributed by atoms with E-state index < -0.39 is 0 Å². The second kappa shape index (κ2) is 10.7. The predicted molar refractivity (Wildman–Crippen MR) is 142 cm³/mol. The number of carbonyl (C=O) groups is 1. The van der Waals surface area contributed by atoms with Crippen LogP contribution in [0.4, 0.5) is 5.69 Å². The summed E-state index contributed by atoms with van der Waals surface area (Å²) in [6, 6.07) is 14.4. The van der Waals surface area contributed by atoms with E-state index in [1.54, 1.807) is 39.7 Å². The zero-order chi connectivity index (χ0) is 25.1. The number of benzene rings is 1. The lowest BCUT2D eigenvalue weighted by Crippen LogP contribution is -2.46. The average Bonchev–Trinajstić information content (AvgIpc) is 3.56. The highest BCUT2D eigenvalue weighted by molar-refractivity contribution is 7.17. The van der Waals surface area contributed by atoms with Gasteiger partial charge in [0.05, 0.1) is 39.0 Å². The third-order valence-electron chi connectivity index (χ3n) is 6.23. The molecular weight excluding hydrogens is 498 g/mol. The zero-order valence-electron chi connectivity index (χ0n) is 19.8. The lowest BCUT2D eigenvalue weighted by atomic mass is 10.2. The molecule has 0 radical (unpaired) electrons. The molecule has 0 unspecified atom stereocenters. The Morgan fingerprint density at radius 2 is 1.92 bits per heavy atom. The topological polar surface area (TPSA) is 88.3 Å². The Morgan fingerprint density at radius 3 is 2.64 bits per heavy atom. The van der Waals surface area contributed by atoms with Gasteiger partial charge in [0.1, 0.15) is 5.69 Å². The highest BCUT2D eigenvalue weighted by Crippen LogP contribution is 2.28. The van der Waals surface area contributed by atoms with Crippen LogP contribution in [0.2, 0.25) is 4.34 Å². The van der Waals surface area contributed by atoms with Crippen molar-refractivity contribution in [3.8, 4) is 11.4 Å². The molecule has 5 rings (SSSR count). The van der Waals surface area contributed by atoms with Gasteiger partial charge in [0, 0.05) is 38.4 Å². The number of rotatable bonds is 7. The number of halogens is 1. The summed E-state index contributed by atoms with van der Waals surface area (Å²) in [6.07, 6.45) is 3.59. The van der Waals surface area contributed by atoms with Gasteiger partial charge in [-0.2, -0.15) is 0 Å². The maximum Gasteiger partial charge on any atom is 0.261 e. The highest BCUT2D eigenvalue weighted by atomic mass is 35.5. The van der Waals surface area contributed by atoms with Gasteiger partial charge in [-0.3, -0.25) is 14.2 Å². The Kier molecular flexibility index (Phi) is 7.17. The normalized spacial score (nSPS) is 14.2. The lowest BCUT2D eigenvalue weighted by Gasteiger charge is -2.36. The van der Waals surface area contributed by atoms with Crippen LogP contribution < -0.4 is 15.8 Å². The summed E-state index contributed by atoms with van der Waals surface area (Å²) in [5, 5.41) is 11.5. The number of amides is 1. The maximum atomic E-state index is 12.5. The first-order valence-corrected chi connectivity index (χ1v) is 13.0. The Hall–Kier alpha value is -3.47. The molecule has 186 valence electrons. The fourth-order valence-electron chi connectivity index (χ4n) is 4.25. The molecule has 36 heavy (non-hydrogen) atoms. The summed E-state index contributed by atoms with van der Waals surface area (Å²) < 4.78 is 3.93. The van der Waals surface area contributed by atoms with E-state index in [0.29, 0.717) is 14.9 Å². The van der Waals surface area contributed by atoms with E-state index in [-0.39, 0.29) is 18.0 Å². The van der Waals surface area contributed by atoms with Crippen molar-refractivity contribution in [1.82, 2.24) is 29.8 Å². The van der Waals surface area contributed by atoms with E-state index in [0.717, 1.165) is 49.8 Å². The van der Waals surface area contributed by atoms with Gasteiger partial charge < -0.3 is 15.1 Å². The fourth-order valence-corrected chi connectivity index (χ4v) is 5.21. The van der Waals surface area contributed by atoms with Gasteiger partial charge in [-0.25, -0.2) is 4.68 Å². The van der Waals surface area contributed by atoms with Gasteiger partial charge in [0.25, 0.3) is 11.5 Å². The van der Waals surface area contributed by atoms with E-state index in [1.807, 2.05) is 30.5 Å². The van der Waals surface area contributed by atoms with E-state index in [1.165, 1.54) is 11.3 Å². The molecule has 9 nitrogen and oxygen atoms in total. The minimum absolute atomic E-state index is 0.0854. The largest absolute Gasteiger partial charge is 0.367 e. The van der Waals surface area contributed by atoms with Gasteiger partial charge in [0.15, 0.2) is 0 Å². The molecule has 1 aliphatic heterocycles. The molecule has 0 atom stereocenters. The lowest BCUT2D eigenvalue weighted by molar-refractivity contribution is 0.0954. The van der Waals surface area contributed by atoms with Crippen LogP contribution in [0.1, 0.15) is 22.3 Å². The fraction of sp³-hybridized carbons (Fsp3) is 0.280. The molecule has 1 saturated heterocycles. The molecule has 3 aromatic heterocycles. The van der Waals surface area contributed by atoms with Crippen molar-refractivity contribution in [3.63, 3.8) is 0 Å². The van der Waals surface area contributed by atoms with E-state index in [2.05, 4.69) is 32.4 Å².